The molecule has 29 heavy (non-hydrogen) atoms. The van der Waals surface area contributed by atoms with E-state index >= 15 is 0 Å². The molecule has 1 aromatic heterocycles. The summed E-state index contributed by atoms with van der Waals surface area (Å²) in [6.07, 6.45) is 17.8. The van der Waals surface area contributed by atoms with Crippen molar-refractivity contribution in [3.8, 4) is 0 Å². The number of aromatic nitrogens is 1. The highest BCUT2D eigenvalue weighted by Gasteiger charge is 2.37. The van der Waals surface area contributed by atoms with Crippen LogP contribution in [-0.2, 0) is 0 Å². The number of fused-ring (bicyclic) bond motifs is 6. The molecule has 0 spiro atoms. The number of nitrogens with zero attached hydrogens (tertiary/aromatic N) is 1. The maximum Gasteiger partial charge on any atom is 0.337 e. The number of allylic oxidation sites excluding steroid dienone is 4. The minimum Gasteiger partial charge on any atom is -0.478 e. The normalized spacial score (nSPS) is 27.6. The van der Waals surface area contributed by atoms with Crippen LogP contribution in [0.1, 0.15) is 55.3 Å². The average molecular weight is 383 g/mol. The lowest BCUT2D eigenvalue weighted by atomic mass is 9.62. The Morgan fingerprint density at radius 2 is 1.90 bits per heavy atom. The number of carboxylic acid groups (broad SMARTS) is 1. The highest BCUT2D eigenvalue weighted by atomic mass is 16.4. The number of pyridine rings is 1. The molecule has 3 atom stereocenters. The van der Waals surface area contributed by atoms with Gasteiger partial charge in [-0.1, -0.05) is 30.2 Å². The fraction of sp³-hybridized carbons (Fsp3) is 0.385. The minimum atomic E-state index is -0.924. The van der Waals surface area contributed by atoms with Crippen molar-refractivity contribution in [3.05, 3.63) is 63.7 Å². The Hall–Kier alpha value is -2.68. The van der Waals surface area contributed by atoms with Crippen LogP contribution in [0.2, 0.25) is 0 Å². The van der Waals surface area contributed by atoms with Gasteiger partial charge < -0.3 is 5.11 Å². The zero-order chi connectivity index (χ0) is 19.5. The summed E-state index contributed by atoms with van der Waals surface area (Å²) in [4.78, 5) is 15.8. The lowest BCUT2D eigenvalue weighted by molar-refractivity contribution is 0.0696. The van der Waals surface area contributed by atoms with E-state index in [2.05, 4.69) is 35.3 Å². The van der Waals surface area contributed by atoms with Crippen LogP contribution in [0.25, 0.3) is 22.6 Å². The summed E-state index contributed by atoms with van der Waals surface area (Å²) in [6, 6.07) is 6.04. The molecular formula is C26H25NO2. The first-order chi connectivity index (χ1) is 14.2. The molecule has 4 aliphatic carbocycles. The SMILES string of the molecule is O=C(O)c1cnc2cc3c(cc2c1)=C1C=CC2=C4CCCCC4CCC2C1CC=3. The molecule has 0 aliphatic heterocycles. The van der Waals surface area contributed by atoms with Gasteiger partial charge in [-0.25, -0.2) is 4.79 Å². The van der Waals surface area contributed by atoms with Crippen molar-refractivity contribution in [3.63, 3.8) is 0 Å². The van der Waals surface area contributed by atoms with E-state index in [1.807, 2.05) is 0 Å². The van der Waals surface area contributed by atoms with Crippen molar-refractivity contribution in [1.29, 1.82) is 0 Å². The third-order valence-electron chi connectivity index (χ3n) is 7.67. The molecule has 1 fully saturated rings. The molecule has 4 aliphatic rings. The minimum absolute atomic E-state index is 0.251. The Kier molecular flexibility index (Phi) is 3.80. The van der Waals surface area contributed by atoms with Gasteiger partial charge in [0.25, 0.3) is 0 Å². The number of hydrogen-bond donors (Lipinski definition) is 1. The van der Waals surface area contributed by atoms with Crippen LogP contribution in [0.5, 0.6) is 0 Å². The molecule has 0 bridgehead atoms. The van der Waals surface area contributed by atoms with Crippen LogP contribution in [-0.4, -0.2) is 16.1 Å². The van der Waals surface area contributed by atoms with E-state index in [1.54, 1.807) is 17.2 Å². The first-order valence-corrected chi connectivity index (χ1v) is 11.0. The fourth-order valence-electron chi connectivity index (χ4n) is 6.29. The Morgan fingerprint density at radius 1 is 1.00 bits per heavy atom. The average Bonchev–Trinajstić information content (AvgIpc) is 2.76. The molecule has 3 unspecified atom stereocenters. The van der Waals surface area contributed by atoms with Crippen molar-refractivity contribution in [2.75, 3.05) is 0 Å². The second-order valence-corrected chi connectivity index (χ2v) is 9.10. The topological polar surface area (TPSA) is 50.2 Å². The molecule has 0 radical (unpaired) electrons. The van der Waals surface area contributed by atoms with Gasteiger partial charge in [0.2, 0.25) is 0 Å². The highest BCUT2D eigenvalue weighted by molar-refractivity contribution is 5.92. The Balaban J connectivity index is 1.55. The van der Waals surface area contributed by atoms with E-state index in [4.69, 9.17) is 0 Å². The maximum atomic E-state index is 11.4. The van der Waals surface area contributed by atoms with Crippen LogP contribution in [0.4, 0.5) is 0 Å². The van der Waals surface area contributed by atoms with Crippen molar-refractivity contribution in [2.45, 2.75) is 44.9 Å². The van der Waals surface area contributed by atoms with Gasteiger partial charge in [0.1, 0.15) is 0 Å². The van der Waals surface area contributed by atoms with Crippen molar-refractivity contribution < 1.29 is 9.90 Å². The maximum absolute atomic E-state index is 11.4. The third-order valence-corrected chi connectivity index (χ3v) is 7.67. The largest absolute Gasteiger partial charge is 0.478 e. The number of carboxylic acids is 1. The quantitative estimate of drug-likeness (QED) is 0.796. The zero-order valence-corrected chi connectivity index (χ0v) is 16.5. The Bertz CT molecular complexity index is 1230. The monoisotopic (exact) mass is 383 g/mol. The predicted octanol–water partition coefficient (Wildman–Crippen LogP) is 4.35. The van der Waals surface area contributed by atoms with Crippen LogP contribution in [0.15, 0.2) is 47.7 Å². The molecule has 146 valence electrons. The molecule has 1 N–H and O–H groups in total. The van der Waals surface area contributed by atoms with Gasteiger partial charge in [0.05, 0.1) is 11.1 Å². The summed E-state index contributed by atoms with van der Waals surface area (Å²) in [6.45, 7) is 0. The van der Waals surface area contributed by atoms with Crippen molar-refractivity contribution >= 4 is 28.5 Å². The van der Waals surface area contributed by atoms with E-state index in [-0.39, 0.29) is 5.56 Å². The van der Waals surface area contributed by atoms with Gasteiger partial charge in [-0.15, -0.1) is 0 Å². The van der Waals surface area contributed by atoms with Crippen molar-refractivity contribution in [1.82, 2.24) is 4.98 Å². The van der Waals surface area contributed by atoms with E-state index in [1.165, 1.54) is 60.7 Å². The molecule has 0 saturated heterocycles. The number of rotatable bonds is 1. The molecule has 3 nitrogen and oxygen atoms in total. The molecule has 1 aromatic carbocycles. The molecule has 3 heteroatoms. The van der Waals surface area contributed by atoms with Crippen molar-refractivity contribution in [2.24, 2.45) is 17.8 Å². The van der Waals surface area contributed by atoms with Gasteiger partial charge in [-0.2, -0.15) is 0 Å². The summed E-state index contributed by atoms with van der Waals surface area (Å²) in [5.41, 5.74) is 5.98. The first kappa shape index (κ1) is 17.2. The number of benzene rings is 1. The second kappa shape index (κ2) is 6.41. The Labute approximate surface area is 170 Å². The van der Waals surface area contributed by atoms with E-state index in [0.29, 0.717) is 11.8 Å². The lowest BCUT2D eigenvalue weighted by Crippen LogP contribution is -2.38. The van der Waals surface area contributed by atoms with Gasteiger partial charge in [-0.3, -0.25) is 4.98 Å². The number of hydrogen-bond acceptors (Lipinski definition) is 2. The van der Waals surface area contributed by atoms with Crippen LogP contribution in [0, 0.1) is 17.8 Å². The number of carbonyl (C=O) groups is 1. The van der Waals surface area contributed by atoms with Gasteiger partial charge in [0, 0.05) is 11.6 Å². The van der Waals surface area contributed by atoms with Crippen LogP contribution in [0.3, 0.4) is 0 Å². The second-order valence-electron chi connectivity index (χ2n) is 9.10. The summed E-state index contributed by atoms with van der Waals surface area (Å²) in [5, 5.41) is 12.8. The van der Waals surface area contributed by atoms with E-state index < -0.39 is 5.97 Å². The first-order valence-electron chi connectivity index (χ1n) is 11.0. The fourth-order valence-corrected chi connectivity index (χ4v) is 6.29. The molecule has 6 rings (SSSR count). The third kappa shape index (κ3) is 2.63. The molecule has 0 amide bonds. The summed E-state index contributed by atoms with van der Waals surface area (Å²) in [7, 11) is 0. The predicted molar refractivity (Wildman–Crippen MR) is 115 cm³/mol. The van der Waals surface area contributed by atoms with Gasteiger partial charge in [0.15, 0.2) is 0 Å². The highest BCUT2D eigenvalue weighted by Crippen LogP contribution is 2.49. The molecular weight excluding hydrogens is 358 g/mol. The van der Waals surface area contributed by atoms with Gasteiger partial charge >= 0.3 is 5.97 Å². The smallest absolute Gasteiger partial charge is 0.337 e. The molecule has 1 heterocycles. The molecule has 1 saturated carbocycles. The zero-order valence-electron chi connectivity index (χ0n) is 16.5. The molecule has 2 aromatic rings. The van der Waals surface area contributed by atoms with Gasteiger partial charge in [-0.05, 0) is 96.1 Å². The van der Waals surface area contributed by atoms with Crippen LogP contribution < -0.4 is 10.4 Å². The lowest BCUT2D eigenvalue weighted by Gasteiger charge is -2.42. The summed E-state index contributed by atoms with van der Waals surface area (Å²) < 4.78 is 0. The van der Waals surface area contributed by atoms with Crippen LogP contribution >= 0.6 is 0 Å². The number of aromatic carboxylic acids is 1. The Morgan fingerprint density at radius 3 is 2.79 bits per heavy atom. The summed E-state index contributed by atoms with van der Waals surface area (Å²) in [5.74, 6) is 1.13. The van der Waals surface area contributed by atoms with E-state index in [0.717, 1.165) is 23.2 Å². The standard InChI is InChI=1S/C26H25NO2/c28-26(29)18-11-17-12-24-16(13-25(17)27-14-18)6-8-22-21-7-5-15-3-1-2-4-19(15)20(21)9-10-23(22)24/h6,9-15,21-22H,1-5,7-8H2,(H,28,29). The van der Waals surface area contributed by atoms with E-state index in [9.17, 15) is 9.90 Å². The summed E-state index contributed by atoms with van der Waals surface area (Å²) >= 11 is 0.